The molecule has 1 N–H and O–H groups in total. The zero-order valence-corrected chi connectivity index (χ0v) is 16.9. The third-order valence-corrected chi connectivity index (χ3v) is 4.53. The van der Waals surface area contributed by atoms with Gasteiger partial charge in [-0.3, -0.25) is 9.59 Å². The molecule has 0 bridgehead atoms. The zero-order chi connectivity index (χ0) is 21.8. The van der Waals surface area contributed by atoms with Gasteiger partial charge in [-0.1, -0.05) is 24.3 Å². The summed E-state index contributed by atoms with van der Waals surface area (Å²) in [6.07, 6.45) is 5.10. The molecule has 0 atom stereocenters. The van der Waals surface area contributed by atoms with Crippen LogP contribution in [-0.2, 0) is 9.59 Å². The highest BCUT2D eigenvalue weighted by molar-refractivity contribution is 6.54. The quantitative estimate of drug-likeness (QED) is 0.747. The van der Waals surface area contributed by atoms with Crippen molar-refractivity contribution in [3.05, 3.63) is 77.4 Å². The predicted molar refractivity (Wildman–Crippen MR) is 117 cm³/mol. The molecule has 0 fully saturated rings. The van der Waals surface area contributed by atoms with Crippen LogP contribution in [0.2, 0.25) is 0 Å². The van der Waals surface area contributed by atoms with Gasteiger partial charge >= 0.3 is 5.97 Å². The average molecular weight is 403 g/mol. The molecule has 0 spiro atoms. The van der Waals surface area contributed by atoms with Crippen LogP contribution in [0.5, 0.6) is 0 Å². The van der Waals surface area contributed by atoms with Crippen LogP contribution in [-0.4, -0.2) is 42.6 Å². The molecular formula is C23H21N3O4. The molecule has 0 saturated carbocycles. The molecule has 2 aromatic rings. The Bertz CT molecular complexity index is 1080. The van der Waals surface area contributed by atoms with Gasteiger partial charge in [0.2, 0.25) is 0 Å². The number of carboxylic acid groups (broad SMARTS) is 1. The second kappa shape index (κ2) is 8.57. The van der Waals surface area contributed by atoms with E-state index in [1.807, 2.05) is 49.3 Å². The number of carbonyl (C=O) groups is 3. The molecule has 0 radical (unpaired) electrons. The predicted octanol–water partition coefficient (Wildman–Crippen LogP) is 3.38. The minimum atomic E-state index is -1.06. The lowest BCUT2D eigenvalue weighted by atomic mass is 10.1. The van der Waals surface area contributed by atoms with Crippen molar-refractivity contribution in [3.63, 3.8) is 0 Å². The van der Waals surface area contributed by atoms with Gasteiger partial charge in [-0.2, -0.15) is 10.1 Å². The molecule has 2 aromatic carbocycles. The number of aromatic carboxylic acids is 1. The molecule has 1 amide bonds. The lowest BCUT2D eigenvalue weighted by Gasteiger charge is -2.11. The number of carbonyl (C=O) groups excluding carboxylic acids is 2. The molecule has 0 aromatic heterocycles. The first kappa shape index (κ1) is 20.7. The first-order valence-electron chi connectivity index (χ1n) is 9.21. The summed E-state index contributed by atoms with van der Waals surface area (Å²) in [5.74, 6) is -1.84. The Balaban J connectivity index is 1.85. The number of allylic oxidation sites excluding steroid dienone is 2. The summed E-state index contributed by atoms with van der Waals surface area (Å²) in [6, 6.07) is 13.6. The number of benzene rings is 2. The number of rotatable bonds is 6. The van der Waals surface area contributed by atoms with Gasteiger partial charge in [-0.25, -0.2) is 4.79 Å². The third-order valence-electron chi connectivity index (χ3n) is 4.53. The van der Waals surface area contributed by atoms with Gasteiger partial charge in [0.05, 0.1) is 16.8 Å². The highest BCUT2D eigenvalue weighted by atomic mass is 16.4. The maximum absolute atomic E-state index is 12.8. The maximum Gasteiger partial charge on any atom is 0.335 e. The van der Waals surface area contributed by atoms with E-state index < -0.39 is 11.9 Å². The molecule has 1 aliphatic rings. The van der Waals surface area contributed by atoms with Crippen molar-refractivity contribution in [2.75, 3.05) is 24.0 Å². The van der Waals surface area contributed by atoms with Gasteiger partial charge in [-0.05, 0) is 48.0 Å². The Kier molecular flexibility index (Phi) is 5.92. The minimum Gasteiger partial charge on any atom is -0.478 e. The van der Waals surface area contributed by atoms with Gasteiger partial charge in [0.25, 0.3) is 5.91 Å². The van der Waals surface area contributed by atoms with E-state index in [0.717, 1.165) is 16.3 Å². The van der Waals surface area contributed by atoms with Crippen LogP contribution < -0.4 is 9.91 Å². The van der Waals surface area contributed by atoms with Crippen molar-refractivity contribution in [1.82, 2.24) is 0 Å². The Morgan fingerprint density at radius 1 is 1.03 bits per heavy atom. The van der Waals surface area contributed by atoms with Crippen molar-refractivity contribution in [3.8, 4) is 0 Å². The standard InChI is InChI=1S/C23H21N3O4/c1-15(27)21-20(6-4-5-16-7-11-18(12-8-16)25(2)3)22(28)26(24-21)19-13-9-17(10-14-19)23(29)30/h4-14H,1-3H3,(H,29,30). The van der Waals surface area contributed by atoms with Gasteiger partial charge in [-0.15, -0.1) is 0 Å². The molecule has 7 nitrogen and oxygen atoms in total. The summed E-state index contributed by atoms with van der Waals surface area (Å²) in [4.78, 5) is 37.8. The second-order valence-corrected chi connectivity index (χ2v) is 6.90. The van der Waals surface area contributed by atoms with Crippen molar-refractivity contribution < 1.29 is 19.5 Å². The summed E-state index contributed by atoms with van der Waals surface area (Å²) in [6.45, 7) is 1.35. The topological polar surface area (TPSA) is 90.3 Å². The summed E-state index contributed by atoms with van der Waals surface area (Å²) < 4.78 is 0. The molecule has 1 heterocycles. The molecule has 152 valence electrons. The fourth-order valence-electron chi connectivity index (χ4n) is 2.88. The Morgan fingerprint density at radius 2 is 1.67 bits per heavy atom. The number of ketones is 1. The summed E-state index contributed by atoms with van der Waals surface area (Å²) in [5.41, 5.74) is 2.76. The van der Waals surface area contributed by atoms with E-state index in [0.29, 0.717) is 5.69 Å². The SMILES string of the molecule is CC(=O)C1=NN(c2ccc(C(=O)O)cc2)C(=O)C1=CC=Cc1ccc(N(C)C)cc1. The van der Waals surface area contributed by atoms with Gasteiger partial charge in [0, 0.05) is 26.7 Å². The highest BCUT2D eigenvalue weighted by Gasteiger charge is 2.33. The summed E-state index contributed by atoms with van der Waals surface area (Å²) in [7, 11) is 3.93. The Morgan fingerprint density at radius 3 is 2.20 bits per heavy atom. The van der Waals surface area contributed by atoms with E-state index in [9.17, 15) is 14.4 Å². The minimum absolute atomic E-state index is 0.0647. The number of hydrogen-bond acceptors (Lipinski definition) is 5. The fourth-order valence-corrected chi connectivity index (χ4v) is 2.88. The van der Waals surface area contributed by atoms with Crippen LogP contribution >= 0.6 is 0 Å². The smallest absolute Gasteiger partial charge is 0.335 e. The van der Waals surface area contributed by atoms with Gasteiger partial charge < -0.3 is 10.0 Å². The van der Waals surface area contributed by atoms with Crippen molar-refractivity contribution in [2.24, 2.45) is 5.10 Å². The fraction of sp³-hybridized carbons (Fsp3) is 0.130. The zero-order valence-electron chi connectivity index (χ0n) is 16.9. The van der Waals surface area contributed by atoms with E-state index in [1.54, 1.807) is 12.2 Å². The highest BCUT2D eigenvalue weighted by Crippen LogP contribution is 2.25. The molecular weight excluding hydrogens is 382 g/mol. The number of amides is 1. The summed E-state index contributed by atoms with van der Waals surface area (Å²) in [5, 5.41) is 14.3. The molecule has 0 aliphatic carbocycles. The van der Waals surface area contributed by atoms with Crippen molar-refractivity contribution >= 4 is 40.8 Å². The first-order valence-corrected chi connectivity index (χ1v) is 9.21. The van der Waals surface area contributed by atoms with Crippen LogP contribution in [0.3, 0.4) is 0 Å². The van der Waals surface area contributed by atoms with Crippen LogP contribution in [0, 0.1) is 0 Å². The monoisotopic (exact) mass is 403 g/mol. The Labute approximate surface area is 174 Å². The number of anilines is 2. The largest absolute Gasteiger partial charge is 0.478 e. The molecule has 7 heteroatoms. The van der Waals surface area contributed by atoms with Crippen molar-refractivity contribution in [2.45, 2.75) is 6.92 Å². The summed E-state index contributed by atoms with van der Waals surface area (Å²) >= 11 is 0. The number of carboxylic acids is 1. The van der Waals surface area contributed by atoms with E-state index >= 15 is 0 Å². The maximum atomic E-state index is 12.8. The first-order chi connectivity index (χ1) is 14.3. The van der Waals surface area contributed by atoms with Gasteiger partial charge in [0.15, 0.2) is 5.78 Å². The van der Waals surface area contributed by atoms with E-state index in [1.165, 1.54) is 31.2 Å². The second-order valence-electron chi connectivity index (χ2n) is 6.90. The number of nitrogens with zero attached hydrogens (tertiary/aromatic N) is 3. The van der Waals surface area contributed by atoms with E-state index in [4.69, 9.17) is 5.11 Å². The number of Topliss-reactive ketones (excluding diaryl/α,β-unsaturated/α-hetero) is 1. The normalized spacial score (nSPS) is 15.0. The Hall–Kier alpha value is -4.00. The lowest BCUT2D eigenvalue weighted by Crippen LogP contribution is -2.21. The van der Waals surface area contributed by atoms with Crippen LogP contribution in [0.15, 0.2) is 71.4 Å². The van der Waals surface area contributed by atoms with Crippen LogP contribution in [0.25, 0.3) is 6.08 Å². The van der Waals surface area contributed by atoms with E-state index in [-0.39, 0.29) is 22.6 Å². The number of hydrazone groups is 1. The molecule has 0 unspecified atom stereocenters. The molecule has 1 aliphatic heterocycles. The number of hydrogen-bond donors (Lipinski definition) is 1. The molecule has 30 heavy (non-hydrogen) atoms. The lowest BCUT2D eigenvalue weighted by molar-refractivity contribution is -0.115. The van der Waals surface area contributed by atoms with Gasteiger partial charge in [0.1, 0.15) is 5.71 Å². The molecule has 0 saturated heterocycles. The van der Waals surface area contributed by atoms with Crippen LogP contribution in [0.1, 0.15) is 22.8 Å². The average Bonchev–Trinajstić information content (AvgIpc) is 3.05. The van der Waals surface area contributed by atoms with E-state index in [2.05, 4.69) is 5.10 Å². The van der Waals surface area contributed by atoms with Crippen LogP contribution in [0.4, 0.5) is 11.4 Å². The van der Waals surface area contributed by atoms with Crippen molar-refractivity contribution in [1.29, 1.82) is 0 Å². The molecule has 3 rings (SSSR count). The third kappa shape index (κ3) is 4.35.